The Morgan fingerprint density at radius 2 is 1.92 bits per heavy atom. The maximum atomic E-state index is 12.2. The molecule has 6 nitrogen and oxygen atoms in total. The van der Waals surface area contributed by atoms with E-state index in [0.29, 0.717) is 35.2 Å². The SMILES string of the molecule is Cc1nn(CCC(=O)Nc2cnn(Cc3ccc(Cl)cc3)c2)c(C)c1Cl. The summed E-state index contributed by atoms with van der Waals surface area (Å²) in [6, 6.07) is 7.58. The summed E-state index contributed by atoms with van der Waals surface area (Å²) in [6.07, 6.45) is 3.74. The molecule has 2 aromatic heterocycles. The molecular formula is C18H19Cl2N5O. The smallest absolute Gasteiger partial charge is 0.226 e. The highest BCUT2D eigenvalue weighted by molar-refractivity contribution is 6.31. The number of aromatic nitrogens is 4. The highest BCUT2D eigenvalue weighted by Gasteiger charge is 2.11. The average Bonchev–Trinajstić information content (AvgIpc) is 3.15. The summed E-state index contributed by atoms with van der Waals surface area (Å²) >= 11 is 12.0. The molecule has 1 aromatic carbocycles. The van der Waals surface area contributed by atoms with Gasteiger partial charge in [-0.15, -0.1) is 0 Å². The summed E-state index contributed by atoms with van der Waals surface area (Å²) in [5.74, 6) is -0.0975. The fourth-order valence-electron chi connectivity index (χ4n) is 2.62. The van der Waals surface area contributed by atoms with Crippen LogP contribution in [0.1, 0.15) is 23.4 Å². The largest absolute Gasteiger partial charge is 0.323 e. The van der Waals surface area contributed by atoms with Crippen molar-refractivity contribution in [1.29, 1.82) is 0 Å². The predicted octanol–water partition coefficient (Wildman–Crippen LogP) is 4.08. The van der Waals surface area contributed by atoms with Crippen LogP contribution >= 0.6 is 23.2 Å². The standard InChI is InChI=1S/C18H19Cl2N5O/c1-12-18(20)13(2)25(23-12)8-7-17(26)22-16-9-21-24(11-16)10-14-3-5-15(19)6-4-14/h3-6,9,11H,7-8,10H2,1-2H3,(H,22,26). The number of hydrogen-bond donors (Lipinski definition) is 1. The van der Waals surface area contributed by atoms with Crippen molar-refractivity contribution >= 4 is 34.8 Å². The molecule has 0 atom stereocenters. The number of amides is 1. The topological polar surface area (TPSA) is 64.7 Å². The Labute approximate surface area is 161 Å². The van der Waals surface area contributed by atoms with Crippen LogP contribution in [0.4, 0.5) is 5.69 Å². The lowest BCUT2D eigenvalue weighted by Crippen LogP contribution is -2.15. The van der Waals surface area contributed by atoms with Gasteiger partial charge in [-0.05, 0) is 31.5 Å². The Bertz CT molecular complexity index is 914. The Morgan fingerprint density at radius 3 is 2.58 bits per heavy atom. The van der Waals surface area contributed by atoms with Crippen LogP contribution in [-0.4, -0.2) is 25.5 Å². The molecule has 0 aliphatic carbocycles. The molecule has 0 radical (unpaired) electrons. The molecule has 3 rings (SSSR count). The summed E-state index contributed by atoms with van der Waals surface area (Å²) in [5, 5.41) is 12.8. The highest BCUT2D eigenvalue weighted by atomic mass is 35.5. The van der Waals surface area contributed by atoms with Crippen molar-refractivity contribution in [3.63, 3.8) is 0 Å². The van der Waals surface area contributed by atoms with Gasteiger partial charge in [0, 0.05) is 17.6 Å². The van der Waals surface area contributed by atoms with Crippen LogP contribution in [0, 0.1) is 13.8 Å². The first-order chi connectivity index (χ1) is 12.4. The maximum Gasteiger partial charge on any atom is 0.226 e. The second-order valence-corrected chi connectivity index (χ2v) is 6.87. The fourth-order valence-corrected chi connectivity index (χ4v) is 2.88. The van der Waals surface area contributed by atoms with E-state index in [1.165, 1.54) is 0 Å². The van der Waals surface area contributed by atoms with Crippen LogP contribution in [0.3, 0.4) is 0 Å². The van der Waals surface area contributed by atoms with Crippen LogP contribution in [0.2, 0.25) is 10.0 Å². The normalized spacial score (nSPS) is 10.9. The third-order valence-corrected chi connectivity index (χ3v) is 4.82. The highest BCUT2D eigenvalue weighted by Crippen LogP contribution is 2.19. The average molecular weight is 392 g/mol. The van der Waals surface area contributed by atoms with Crippen LogP contribution in [0.5, 0.6) is 0 Å². The van der Waals surface area contributed by atoms with Crippen molar-refractivity contribution in [3.05, 3.63) is 63.7 Å². The molecule has 0 aliphatic heterocycles. The van der Waals surface area contributed by atoms with E-state index in [1.54, 1.807) is 21.8 Å². The summed E-state index contributed by atoms with van der Waals surface area (Å²) in [6.45, 7) is 4.82. The van der Waals surface area contributed by atoms with Crippen molar-refractivity contribution in [2.45, 2.75) is 33.4 Å². The molecule has 0 aliphatic rings. The number of nitrogens with one attached hydrogen (secondary N) is 1. The molecule has 136 valence electrons. The molecule has 0 saturated heterocycles. The van der Waals surface area contributed by atoms with Crippen LogP contribution < -0.4 is 5.32 Å². The van der Waals surface area contributed by atoms with Crippen molar-refractivity contribution < 1.29 is 4.79 Å². The lowest BCUT2D eigenvalue weighted by Gasteiger charge is -2.05. The third-order valence-electron chi connectivity index (χ3n) is 4.02. The first kappa shape index (κ1) is 18.5. The van der Waals surface area contributed by atoms with E-state index in [1.807, 2.05) is 38.1 Å². The number of hydrogen-bond acceptors (Lipinski definition) is 3. The van der Waals surface area contributed by atoms with E-state index in [-0.39, 0.29) is 5.91 Å². The van der Waals surface area contributed by atoms with Crippen molar-refractivity contribution in [2.75, 3.05) is 5.32 Å². The van der Waals surface area contributed by atoms with Gasteiger partial charge in [0.1, 0.15) is 0 Å². The minimum absolute atomic E-state index is 0.0975. The van der Waals surface area contributed by atoms with Crippen LogP contribution in [0.25, 0.3) is 0 Å². The number of carbonyl (C=O) groups is 1. The van der Waals surface area contributed by atoms with E-state index in [2.05, 4.69) is 15.5 Å². The summed E-state index contributed by atoms with van der Waals surface area (Å²) < 4.78 is 3.51. The third kappa shape index (κ3) is 4.45. The molecular weight excluding hydrogens is 373 g/mol. The van der Waals surface area contributed by atoms with Gasteiger partial charge in [0.15, 0.2) is 0 Å². The molecule has 0 bridgehead atoms. The Kier molecular flexibility index (Phi) is 5.64. The second-order valence-electron chi connectivity index (χ2n) is 6.06. The zero-order valence-electron chi connectivity index (χ0n) is 14.5. The number of halogens is 2. The Morgan fingerprint density at radius 1 is 1.19 bits per heavy atom. The summed E-state index contributed by atoms with van der Waals surface area (Å²) in [5.41, 5.74) is 3.38. The van der Waals surface area contributed by atoms with Gasteiger partial charge in [0.05, 0.1) is 41.4 Å². The minimum Gasteiger partial charge on any atom is -0.323 e. The molecule has 8 heteroatoms. The molecule has 2 heterocycles. The Hall–Kier alpha value is -2.31. The van der Waals surface area contributed by atoms with E-state index < -0.39 is 0 Å². The minimum atomic E-state index is -0.0975. The van der Waals surface area contributed by atoms with Gasteiger partial charge >= 0.3 is 0 Å². The summed E-state index contributed by atoms with van der Waals surface area (Å²) in [4.78, 5) is 12.2. The zero-order valence-corrected chi connectivity index (χ0v) is 16.1. The van der Waals surface area contributed by atoms with Gasteiger partial charge in [-0.1, -0.05) is 35.3 Å². The fraction of sp³-hybridized carbons (Fsp3) is 0.278. The van der Waals surface area contributed by atoms with Gasteiger partial charge in [-0.3, -0.25) is 14.2 Å². The number of nitrogens with zero attached hydrogens (tertiary/aromatic N) is 4. The lowest BCUT2D eigenvalue weighted by atomic mass is 10.2. The number of aryl methyl sites for hydroxylation is 2. The van der Waals surface area contributed by atoms with Gasteiger partial charge in [-0.25, -0.2) is 0 Å². The number of anilines is 1. The maximum absolute atomic E-state index is 12.2. The quantitative estimate of drug-likeness (QED) is 0.688. The van der Waals surface area contributed by atoms with Gasteiger partial charge in [0.25, 0.3) is 0 Å². The zero-order chi connectivity index (χ0) is 18.7. The molecule has 1 amide bonds. The van der Waals surface area contributed by atoms with E-state index in [4.69, 9.17) is 23.2 Å². The molecule has 0 spiro atoms. The Balaban J connectivity index is 1.54. The summed E-state index contributed by atoms with van der Waals surface area (Å²) in [7, 11) is 0. The molecule has 3 aromatic rings. The monoisotopic (exact) mass is 391 g/mol. The molecule has 0 unspecified atom stereocenters. The van der Waals surface area contributed by atoms with E-state index in [0.717, 1.165) is 17.0 Å². The van der Waals surface area contributed by atoms with Crippen molar-refractivity contribution in [1.82, 2.24) is 19.6 Å². The molecule has 0 fully saturated rings. The van der Waals surface area contributed by atoms with Gasteiger partial charge in [0.2, 0.25) is 5.91 Å². The molecule has 0 saturated carbocycles. The van der Waals surface area contributed by atoms with Gasteiger partial charge < -0.3 is 5.32 Å². The van der Waals surface area contributed by atoms with Crippen molar-refractivity contribution in [3.8, 4) is 0 Å². The molecule has 1 N–H and O–H groups in total. The second kappa shape index (κ2) is 7.93. The molecule has 26 heavy (non-hydrogen) atoms. The van der Waals surface area contributed by atoms with Crippen LogP contribution in [0.15, 0.2) is 36.7 Å². The van der Waals surface area contributed by atoms with Gasteiger partial charge in [-0.2, -0.15) is 10.2 Å². The predicted molar refractivity (Wildman–Crippen MR) is 103 cm³/mol. The first-order valence-corrected chi connectivity index (χ1v) is 8.94. The van der Waals surface area contributed by atoms with E-state index in [9.17, 15) is 4.79 Å². The lowest BCUT2D eigenvalue weighted by molar-refractivity contribution is -0.116. The van der Waals surface area contributed by atoms with Crippen LogP contribution in [-0.2, 0) is 17.9 Å². The first-order valence-electron chi connectivity index (χ1n) is 8.18. The van der Waals surface area contributed by atoms with E-state index >= 15 is 0 Å². The number of carbonyl (C=O) groups excluding carboxylic acids is 1. The number of benzene rings is 1. The number of rotatable bonds is 6. The van der Waals surface area contributed by atoms with Crippen molar-refractivity contribution in [2.24, 2.45) is 0 Å².